The van der Waals surface area contributed by atoms with Crippen LogP contribution in [0.2, 0.25) is 0 Å². The van der Waals surface area contributed by atoms with Crippen molar-refractivity contribution in [2.45, 2.75) is 38.5 Å². The van der Waals surface area contributed by atoms with Gasteiger partial charge in [0.1, 0.15) is 0 Å². The molecule has 1 aromatic heterocycles. The van der Waals surface area contributed by atoms with Gasteiger partial charge in [0.05, 0.1) is 23.7 Å². The summed E-state index contributed by atoms with van der Waals surface area (Å²) in [6, 6.07) is 9.93. The van der Waals surface area contributed by atoms with Crippen LogP contribution in [0.25, 0.3) is 5.69 Å². The number of nitrogens with one attached hydrogen (secondary N) is 1. The van der Waals surface area contributed by atoms with Gasteiger partial charge in [-0.1, -0.05) is 18.2 Å². The predicted molar refractivity (Wildman–Crippen MR) is 76.6 cm³/mol. The Morgan fingerprint density at radius 1 is 1.40 bits per heavy atom. The van der Waals surface area contributed by atoms with Gasteiger partial charge in [-0.3, -0.25) is 0 Å². The zero-order valence-electron chi connectivity index (χ0n) is 11.9. The van der Waals surface area contributed by atoms with Crippen molar-refractivity contribution in [2.24, 2.45) is 0 Å². The lowest BCUT2D eigenvalue weighted by Gasteiger charge is -2.28. The summed E-state index contributed by atoms with van der Waals surface area (Å²) in [6.07, 6.45) is 3.07. The number of rotatable bonds is 4. The van der Waals surface area contributed by atoms with Gasteiger partial charge in [-0.25, -0.2) is 0 Å². The molecule has 0 saturated carbocycles. The number of nitrogens with zero attached hydrogens (tertiary/aromatic N) is 3. The second-order valence-electron chi connectivity index (χ2n) is 5.49. The van der Waals surface area contributed by atoms with E-state index < -0.39 is 0 Å². The van der Waals surface area contributed by atoms with Gasteiger partial charge < -0.3 is 10.1 Å². The van der Waals surface area contributed by atoms with Gasteiger partial charge in [-0.2, -0.15) is 15.0 Å². The van der Waals surface area contributed by atoms with Crippen LogP contribution in [0.4, 0.5) is 0 Å². The van der Waals surface area contributed by atoms with E-state index in [1.165, 1.54) is 0 Å². The highest BCUT2D eigenvalue weighted by atomic mass is 16.5. The molecule has 0 aliphatic carbocycles. The van der Waals surface area contributed by atoms with Crippen molar-refractivity contribution in [3.8, 4) is 5.69 Å². The molecule has 1 aliphatic rings. The van der Waals surface area contributed by atoms with Gasteiger partial charge in [0.25, 0.3) is 0 Å². The Balaban J connectivity index is 1.66. The topological polar surface area (TPSA) is 52.0 Å². The molecule has 0 spiro atoms. The molecule has 1 fully saturated rings. The molecule has 106 valence electrons. The Hall–Kier alpha value is -1.72. The van der Waals surface area contributed by atoms with Crippen LogP contribution in [0.3, 0.4) is 0 Å². The first-order valence-corrected chi connectivity index (χ1v) is 7.01. The molecule has 0 radical (unpaired) electrons. The van der Waals surface area contributed by atoms with E-state index >= 15 is 0 Å². The third-order valence-electron chi connectivity index (χ3n) is 4.09. The van der Waals surface area contributed by atoms with Gasteiger partial charge in [0.15, 0.2) is 0 Å². The molecule has 1 aliphatic heterocycles. The smallest absolute Gasteiger partial charge is 0.0969 e. The fraction of sp³-hybridized carbons (Fsp3) is 0.467. The molecule has 5 heteroatoms. The zero-order valence-corrected chi connectivity index (χ0v) is 11.9. The molecule has 2 aromatic rings. The van der Waals surface area contributed by atoms with Crippen molar-refractivity contribution in [1.29, 1.82) is 0 Å². The Kier molecular flexibility index (Phi) is 3.54. The molecule has 1 N–H and O–H groups in total. The maximum Gasteiger partial charge on any atom is 0.0969 e. The molecule has 1 aromatic carbocycles. The number of hydrogen-bond acceptors (Lipinski definition) is 4. The summed E-state index contributed by atoms with van der Waals surface area (Å²) in [7, 11) is 0. The van der Waals surface area contributed by atoms with Crippen molar-refractivity contribution < 1.29 is 4.74 Å². The minimum Gasteiger partial charge on any atom is -0.377 e. The van der Waals surface area contributed by atoms with E-state index in [-0.39, 0.29) is 11.6 Å². The second kappa shape index (κ2) is 5.34. The van der Waals surface area contributed by atoms with E-state index in [2.05, 4.69) is 29.4 Å². The number of aromatic nitrogens is 3. The lowest BCUT2D eigenvalue weighted by atomic mass is 9.95. The number of benzene rings is 1. The molecule has 20 heavy (non-hydrogen) atoms. The number of hydrogen-bond donors (Lipinski definition) is 1. The van der Waals surface area contributed by atoms with Gasteiger partial charge in [0.2, 0.25) is 0 Å². The van der Waals surface area contributed by atoms with Crippen LogP contribution in [0, 0.1) is 0 Å². The van der Waals surface area contributed by atoms with Crippen LogP contribution < -0.4 is 5.32 Å². The average Bonchev–Trinajstić information content (AvgIpc) is 3.06. The normalized spacial score (nSPS) is 26.0. The van der Waals surface area contributed by atoms with Gasteiger partial charge >= 0.3 is 0 Å². The zero-order chi connectivity index (χ0) is 14.0. The Morgan fingerprint density at radius 2 is 2.20 bits per heavy atom. The highest BCUT2D eigenvalue weighted by Gasteiger charge is 2.36. The Labute approximate surface area is 118 Å². The number of para-hydroxylation sites is 1. The Morgan fingerprint density at radius 3 is 2.90 bits per heavy atom. The average molecular weight is 272 g/mol. The van der Waals surface area contributed by atoms with Crippen molar-refractivity contribution in [2.75, 3.05) is 6.61 Å². The van der Waals surface area contributed by atoms with Crippen molar-refractivity contribution in [3.05, 3.63) is 42.2 Å². The molecule has 3 rings (SSSR count). The highest BCUT2D eigenvalue weighted by molar-refractivity contribution is 5.28. The lowest BCUT2D eigenvalue weighted by molar-refractivity contribution is 0.0880. The first-order valence-electron chi connectivity index (χ1n) is 7.01. The standard InChI is InChI=1S/C15H20N4O/c1-12-15(2,8-9-20-12)16-10-13-11-17-19(18-13)14-6-4-3-5-7-14/h3-7,11-12,16H,8-10H2,1-2H3. The van der Waals surface area contributed by atoms with E-state index in [1.54, 1.807) is 4.80 Å². The van der Waals surface area contributed by atoms with Crippen molar-refractivity contribution in [1.82, 2.24) is 20.3 Å². The quantitative estimate of drug-likeness (QED) is 0.924. The van der Waals surface area contributed by atoms with Crippen LogP contribution >= 0.6 is 0 Å². The van der Waals surface area contributed by atoms with Crippen molar-refractivity contribution >= 4 is 0 Å². The molecule has 0 bridgehead atoms. The van der Waals surface area contributed by atoms with Gasteiger partial charge in [0, 0.05) is 18.7 Å². The minimum absolute atomic E-state index is 0.0243. The maximum atomic E-state index is 5.63. The summed E-state index contributed by atoms with van der Waals surface area (Å²) in [4.78, 5) is 1.66. The summed E-state index contributed by atoms with van der Waals surface area (Å²) in [6.45, 7) is 5.84. The van der Waals surface area contributed by atoms with Crippen molar-refractivity contribution in [3.63, 3.8) is 0 Å². The summed E-state index contributed by atoms with van der Waals surface area (Å²) >= 11 is 0. The highest BCUT2D eigenvalue weighted by Crippen LogP contribution is 2.25. The molecule has 5 nitrogen and oxygen atoms in total. The Bertz CT molecular complexity index is 568. The molecule has 2 heterocycles. The molecule has 2 atom stereocenters. The maximum absolute atomic E-state index is 5.63. The lowest BCUT2D eigenvalue weighted by Crippen LogP contribution is -2.47. The fourth-order valence-corrected chi connectivity index (χ4v) is 2.42. The largest absolute Gasteiger partial charge is 0.377 e. The minimum atomic E-state index is 0.0243. The SMILES string of the molecule is CC1OCCC1(C)NCc1cnn(-c2ccccc2)n1. The monoisotopic (exact) mass is 272 g/mol. The van der Waals surface area contributed by atoms with Gasteiger partial charge in [-0.05, 0) is 32.4 Å². The van der Waals surface area contributed by atoms with E-state index in [4.69, 9.17) is 4.74 Å². The molecular formula is C15H20N4O. The van der Waals surface area contributed by atoms with Crippen LogP contribution in [0.1, 0.15) is 26.0 Å². The summed E-state index contributed by atoms with van der Waals surface area (Å²) < 4.78 is 5.63. The molecule has 2 unspecified atom stereocenters. The van der Waals surface area contributed by atoms with Crippen LogP contribution in [0.15, 0.2) is 36.5 Å². The van der Waals surface area contributed by atoms with Crippen LogP contribution in [0.5, 0.6) is 0 Å². The summed E-state index contributed by atoms with van der Waals surface area (Å²) in [5, 5.41) is 12.4. The third kappa shape index (κ3) is 2.59. The molecule has 1 saturated heterocycles. The van der Waals surface area contributed by atoms with Gasteiger partial charge in [-0.15, -0.1) is 0 Å². The summed E-state index contributed by atoms with van der Waals surface area (Å²) in [5.74, 6) is 0. The predicted octanol–water partition coefficient (Wildman–Crippen LogP) is 1.92. The first-order chi connectivity index (χ1) is 9.67. The van der Waals surface area contributed by atoms with E-state index in [0.29, 0.717) is 6.54 Å². The molecule has 0 amide bonds. The number of ether oxygens (including phenoxy) is 1. The molecular weight excluding hydrogens is 252 g/mol. The van der Waals surface area contributed by atoms with E-state index in [9.17, 15) is 0 Å². The fourth-order valence-electron chi connectivity index (χ4n) is 2.42. The summed E-state index contributed by atoms with van der Waals surface area (Å²) in [5.41, 5.74) is 1.94. The van der Waals surface area contributed by atoms with Crippen LogP contribution in [-0.4, -0.2) is 33.2 Å². The first kappa shape index (κ1) is 13.3. The third-order valence-corrected chi connectivity index (χ3v) is 4.09. The second-order valence-corrected chi connectivity index (χ2v) is 5.49. The van der Waals surface area contributed by atoms with E-state index in [1.807, 2.05) is 36.5 Å². The van der Waals surface area contributed by atoms with Crippen LogP contribution in [-0.2, 0) is 11.3 Å². The van der Waals surface area contributed by atoms with E-state index in [0.717, 1.165) is 24.4 Å².